The molecule has 0 saturated heterocycles. The zero-order valence-electron chi connectivity index (χ0n) is 14.4. The van der Waals surface area contributed by atoms with E-state index in [0.717, 1.165) is 16.8 Å². The molecule has 0 bridgehead atoms. The Bertz CT molecular complexity index is 781. The number of amides is 2. The number of rotatable bonds is 8. The van der Waals surface area contributed by atoms with E-state index in [1.54, 1.807) is 6.19 Å². The first kappa shape index (κ1) is 18.9. The summed E-state index contributed by atoms with van der Waals surface area (Å²) in [7, 11) is 1.40. The lowest BCUT2D eigenvalue weighted by molar-refractivity contribution is -0.132. The van der Waals surface area contributed by atoms with Gasteiger partial charge in [-0.1, -0.05) is 18.2 Å². The first-order valence-corrected chi connectivity index (χ1v) is 9.46. The number of aryl methyl sites for hydroxylation is 1. The van der Waals surface area contributed by atoms with Gasteiger partial charge >= 0.3 is 0 Å². The first-order chi connectivity index (χ1) is 12.1. The van der Waals surface area contributed by atoms with E-state index in [1.807, 2.05) is 30.7 Å². The maximum Gasteiger partial charge on any atom is 0.258 e. The van der Waals surface area contributed by atoms with Gasteiger partial charge in [-0.05, 0) is 30.7 Å². The molecule has 1 aromatic carbocycles. The number of hydrogen-bond donors (Lipinski definition) is 2. The second-order valence-electron chi connectivity index (χ2n) is 5.79. The number of H-pyrrole nitrogens is 1. The molecule has 2 N–H and O–H groups in total. The minimum atomic E-state index is -0.666. The van der Waals surface area contributed by atoms with Gasteiger partial charge in [-0.3, -0.25) is 14.5 Å². The van der Waals surface area contributed by atoms with Crippen molar-refractivity contribution in [3.63, 3.8) is 0 Å². The Kier molecular flexibility index (Phi) is 6.90. The minimum absolute atomic E-state index is 0.168. The molecule has 2 amide bonds. The fourth-order valence-corrected chi connectivity index (χ4v) is 3.23. The van der Waals surface area contributed by atoms with E-state index in [-0.39, 0.29) is 11.8 Å². The normalized spacial score (nSPS) is 11.7. The highest BCUT2D eigenvalue weighted by Gasteiger charge is 2.23. The quantitative estimate of drug-likeness (QED) is 0.560. The number of nitrogens with one attached hydrogen (secondary N) is 2. The maximum absolute atomic E-state index is 12.2. The summed E-state index contributed by atoms with van der Waals surface area (Å²) < 4.78 is 0. The number of carbonyl (C=O) groups is 2. The summed E-state index contributed by atoms with van der Waals surface area (Å²) in [6, 6.07) is 7.40. The number of para-hydroxylation sites is 1. The number of nitrogens with zero attached hydrogens (tertiary/aromatic N) is 2. The lowest BCUT2D eigenvalue weighted by Gasteiger charge is -2.19. The van der Waals surface area contributed by atoms with Crippen LogP contribution in [0, 0.1) is 11.5 Å². The highest BCUT2D eigenvalue weighted by Crippen LogP contribution is 2.19. The van der Waals surface area contributed by atoms with Crippen LogP contribution in [0.1, 0.15) is 18.4 Å². The SMILES string of the molecule is CSCC(NC(=O)CCCc1c[nH]c2ccccc12)C(=O)N(C)C#N. The highest BCUT2D eigenvalue weighted by molar-refractivity contribution is 7.98. The predicted octanol–water partition coefficient (Wildman–Crippen LogP) is 2.28. The van der Waals surface area contributed by atoms with E-state index in [4.69, 9.17) is 5.26 Å². The summed E-state index contributed by atoms with van der Waals surface area (Å²) in [5.41, 5.74) is 2.27. The fraction of sp³-hybridized carbons (Fsp3) is 0.389. The van der Waals surface area contributed by atoms with Crippen molar-refractivity contribution in [1.29, 1.82) is 5.26 Å². The second kappa shape index (κ2) is 9.14. The molecule has 0 fully saturated rings. The van der Waals surface area contributed by atoms with E-state index < -0.39 is 6.04 Å². The van der Waals surface area contributed by atoms with Crippen molar-refractivity contribution >= 4 is 34.5 Å². The zero-order chi connectivity index (χ0) is 18.2. The molecule has 1 aromatic heterocycles. The van der Waals surface area contributed by atoms with E-state index in [0.29, 0.717) is 18.6 Å². The van der Waals surface area contributed by atoms with Crippen molar-refractivity contribution in [2.24, 2.45) is 0 Å². The van der Waals surface area contributed by atoms with E-state index >= 15 is 0 Å². The summed E-state index contributed by atoms with van der Waals surface area (Å²) in [6.07, 6.45) is 7.43. The molecule has 1 unspecified atom stereocenters. The number of fused-ring (bicyclic) bond motifs is 1. The van der Waals surface area contributed by atoms with Crippen LogP contribution in [0.3, 0.4) is 0 Å². The smallest absolute Gasteiger partial charge is 0.258 e. The van der Waals surface area contributed by atoms with Gasteiger partial charge in [0.15, 0.2) is 6.19 Å². The van der Waals surface area contributed by atoms with E-state index in [2.05, 4.69) is 16.4 Å². The Hall–Kier alpha value is -2.46. The summed E-state index contributed by atoms with van der Waals surface area (Å²) in [5.74, 6) is -0.112. The number of benzene rings is 1. The predicted molar refractivity (Wildman–Crippen MR) is 99.9 cm³/mol. The van der Waals surface area contributed by atoms with Gasteiger partial charge in [0.25, 0.3) is 5.91 Å². The summed E-state index contributed by atoms with van der Waals surface area (Å²) in [6.45, 7) is 0. The Labute approximate surface area is 151 Å². The van der Waals surface area contributed by atoms with Crippen molar-refractivity contribution in [2.45, 2.75) is 25.3 Å². The van der Waals surface area contributed by atoms with Gasteiger partial charge in [0.1, 0.15) is 6.04 Å². The maximum atomic E-state index is 12.2. The number of likely N-dealkylation sites (N-methyl/N-ethyl adjacent to an activating group) is 1. The molecule has 2 aromatic rings. The topological polar surface area (TPSA) is 89.0 Å². The number of nitriles is 1. The van der Waals surface area contributed by atoms with Crippen LogP contribution in [0.2, 0.25) is 0 Å². The van der Waals surface area contributed by atoms with Crippen molar-refractivity contribution in [3.05, 3.63) is 36.0 Å². The average Bonchev–Trinajstić information content (AvgIpc) is 3.03. The van der Waals surface area contributed by atoms with Gasteiger partial charge in [0.05, 0.1) is 0 Å². The molecule has 132 valence electrons. The molecule has 2 rings (SSSR count). The summed E-state index contributed by atoms with van der Waals surface area (Å²) in [5, 5.41) is 12.7. The van der Waals surface area contributed by atoms with E-state index in [1.165, 1.54) is 29.8 Å². The van der Waals surface area contributed by atoms with Crippen LogP contribution in [0.5, 0.6) is 0 Å². The Balaban J connectivity index is 1.86. The van der Waals surface area contributed by atoms with Gasteiger partial charge in [-0.2, -0.15) is 17.0 Å². The van der Waals surface area contributed by atoms with Crippen molar-refractivity contribution in [2.75, 3.05) is 19.1 Å². The van der Waals surface area contributed by atoms with Crippen LogP contribution < -0.4 is 5.32 Å². The van der Waals surface area contributed by atoms with Crippen LogP contribution in [-0.2, 0) is 16.0 Å². The molecular weight excluding hydrogens is 336 g/mol. The zero-order valence-corrected chi connectivity index (χ0v) is 15.2. The molecule has 0 spiro atoms. The van der Waals surface area contributed by atoms with Crippen LogP contribution in [0.25, 0.3) is 10.9 Å². The van der Waals surface area contributed by atoms with Crippen LogP contribution in [-0.4, -0.2) is 46.8 Å². The summed E-state index contributed by atoms with van der Waals surface area (Å²) in [4.78, 5) is 28.4. The number of carbonyl (C=O) groups excluding carboxylic acids is 2. The lowest BCUT2D eigenvalue weighted by Crippen LogP contribution is -2.47. The number of aromatic amines is 1. The molecule has 1 heterocycles. The third-order valence-electron chi connectivity index (χ3n) is 3.97. The molecule has 0 aliphatic carbocycles. The Morgan fingerprint density at radius 2 is 2.16 bits per heavy atom. The van der Waals surface area contributed by atoms with Crippen molar-refractivity contribution in [1.82, 2.24) is 15.2 Å². The summed E-state index contributed by atoms with van der Waals surface area (Å²) >= 11 is 1.46. The van der Waals surface area contributed by atoms with Crippen LogP contribution in [0.15, 0.2) is 30.5 Å². The second-order valence-corrected chi connectivity index (χ2v) is 6.70. The third-order valence-corrected chi connectivity index (χ3v) is 4.64. The Morgan fingerprint density at radius 3 is 2.88 bits per heavy atom. The molecule has 1 atom stereocenters. The standard InChI is InChI=1S/C18H22N4O2S/c1-22(12-19)18(24)16(11-25-2)21-17(23)9-5-6-13-10-20-15-8-4-3-7-14(13)15/h3-4,7-8,10,16,20H,5-6,9,11H2,1-2H3,(H,21,23). The largest absolute Gasteiger partial charge is 0.361 e. The van der Waals surface area contributed by atoms with Gasteiger partial charge in [-0.25, -0.2) is 0 Å². The van der Waals surface area contributed by atoms with Crippen molar-refractivity contribution < 1.29 is 9.59 Å². The molecule has 7 heteroatoms. The number of hydrogen-bond acceptors (Lipinski definition) is 4. The monoisotopic (exact) mass is 358 g/mol. The van der Waals surface area contributed by atoms with Gasteiger partial charge < -0.3 is 10.3 Å². The third kappa shape index (κ3) is 5.00. The average molecular weight is 358 g/mol. The minimum Gasteiger partial charge on any atom is -0.361 e. The number of aromatic nitrogens is 1. The molecule has 0 aliphatic heterocycles. The van der Waals surface area contributed by atoms with Crippen molar-refractivity contribution in [3.8, 4) is 6.19 Å². The Morgan fingerprint density at radius 1 is 1.40 bits per heavy atom. The first-order valence-electron chi connectivity index (χ1n) is 8.07. The van der Waals surface area contributed by atoms with Crippen LogP contribution in [0.4, 0.5) is 0 Å². The molecule has 25 heavy (non-hydrogen) atoms. The van der Waals surface area contributed by atoms with Gasteiger partial charge in [-0.15, -0.1) is 0 Å². The lowest BCUT2D eigenvalue weighted by atomic mass is 10.1. The van der Waals surface area contributed by atoms with Gasteiger partial charge in [0.2, 0.25) is 5.91 Å². The van der Waals surface area contributed by atoms with Crippen LogP contribution >= 0.6 is 11.8 Å². The molecule has 6 nitrogen and oxygen atoms in total. The molecule has 0 radical (unpaired) electrons. The molecular formula is C18H22N4O2S. The fourth-order valence-electron chi connectivity index (χ4n) is 2.67. The van der Waals surface area contributed by atoms with E-state index in [9.17, 15) is 9.59 Å². The van der Waals surface area contributed by atoms with Gasteiger partial charge in [0, 0.05) is 36.3 Å². The molecule has 0 saturated carbocycles. The number of thioether (sulfide) groups is 1. The molecule has 0 aliphatic rings. The highest BCUT2D eigenvalue weighted by atomic mass is 32.2.